The average molecular weight is 489 g/mol. The Morgan fingerprint density at radius 1 is 1.00 bits per heavy atom. The SMILES string of the molecule is CC(C)(C)c1noc(-c2cncc([C@@]34CC[C@@H](c5cc(-c6c(F)cccc6F)nnc53)C4(C)C)n2)n1. The van der Waals surface area contributed by atoms with Crippen LogP contribution in [0.5, 0.6) is 0 Å². The number of fused-ring (bicyclic) bond motifs is 5. The highest BCUT2D eigenvalue weighted by Gasteiger charge is 2.65. The van der Waals surface area contributed by atoms with E-state index in [1.165, 1.54) is 18.2 Å². The van der Waals surface area contributed by atoms with Crippen LogP contribution in [0.2, 0.25) is 0 Å². The van der Waals surface area contributed by atoms with Crippen molar-refractivity contribution < 1.29 is 13.3 Å². The Kier molecular flexibility index (Phi) is 4.72. The van der Waals surface area contributed by atoms with Crippen molar-refractivity contribution in [3.63, 3.8) is 0 Å². The minimum Gasteiger partial charge on any atom is -0.332 e. The first-order valence-corrected chi connectivity index (χ1v) is 12.0. The van der Waals surface area contributed by atoms with Gasteiger partial charge in [0, 0.05) is 11.6 Å². The molecule has 2 aliphatic rings. The largest absolute Gasteiger partial charge is 0.332 e. The van der Waals surface area contributed by atoms with Crippen LogP contribution in [-0.4, -0.2) is 30.3 Å². The second-order valence-corrected chi connectivity index (χ2v) is 11.3. The van der Waals surface area contributed by atoms with Crippen molar-refractivity contribution in [2.75, 3.05) is 0 Å². The third-order valence-electron chi connectivity index (χ3n) is 7.99. The molecule has 36 heavy (non-hydrogen) atoms. The third-order valence-corrected chi connectivity index (χ3v) is 7.99. The Labute approximate surface area is 207 Å². The Hall–Kier alpha value is -3.62. The van der Waals surface area contributed by atoms with Gasteiger partial charge in [0.15, 0.2) is 5.82 Å². The molecule has 9 heteroatoms. The van der Waals surface area contributed by atoms with Crippen molar-refractivity contribution in [3.8, 4) is 22.8 Å². The van der Waals surface area contributed by atoms with Crippen molar-refractivity contribution in [1.29, 1.82) is 0 Å². The number of aromatic nitrogens is 6. The lowest BCUT2D eigenvalue weighted by molar-refractivity contribution is 0.242. The lowest BCUT2D eigenvalue weighted by Crippen LogP contribution is -2.38. The van der Waals surface area contributed by atoms with E-state index in [1.54, 1.807) is 18.5 Å². The molecule has 184 valence electrons. The molecule has 0 amide bonds. The third kappa shape index (κ3) is 3.01. The molecule has 2 atom stereocenters. The fourth-order valence-electron chi connectivity index (χ4n) is 6.06. The van der Waals surface area contributed by atoms with Crippen LogP contribution in [0.4, 0.5) is 8.78 Å². The van der Waals surface area contributed by atoms with Crippen LogP contribution in [0.1, 0.15) is 76.2 Å². The maximum Gasteiger partial charge on any atom is 0.278 e. The van der Waals surface area contributed by atoms with Gasteiger partial charge < -0.3 is 4.52 Å². The van der Waals surface area contributed by atoms with Gasteiger partial charge in [-0.1, -0.05) is 45.8 Å². The molecule has 2 aliphatic carbocycles. The molecule has 4 aromatic rings. The lowest BCUT2D eigenvalue weighted by Gasteiger charge is -2.37. The maximum absolute atomic E-state index is 14.5. The summed E-state index contributed by atoms with van der Waals surface area (Å²) in [5, 5.41) is 13.0. The van der Waals surface area contributed by atoms with Gasteiger partial charge in [-0.25, -0.2) is 13.8 Å². The van der Waals surface area contributed by atoms with E-state index in [2.05, 4.69) is 39.2 Å². The van der Waals surface area contributed by atoms with E-state index in [1.807, 2.05) is 20.8 Å². The number of nitrogens with zero attached hydrogens (tertiary/aromatic N) is 6. The number of hydrogen-bond acceptors (Lipinski definition) is 7. The van der Waals surface area contributed by atoms with E-state index in [0.717, 1.165) is 29.8 Å². The zero-order chi connectivity index (χ0) is 25.5. The first-order valence-electron chi connectivity index (χ1n) is 12.0. The Morgan fingerprint density at radius 3 is 2.44 bits per heavy atom. The topological polar surface area (TPSA) is 90.5 Å². The van der Waals surface area contributed by atoms with Crippen LogP contribution in [0.3, 0.4) is 0 Å². The summed E-state index contributed by atoms with van der Waals surface area (Å²) in [5.41, 5.74) is 1.95. The van der Waals surface area contributed by atoms with Gasteiger partial charge in [-0.2, -0.15) is 10.1 Å². The lowest BCUT2D eigenvalue weighted by atomic mass is 9.66. The molecule has 2 bridgehead atoms. The first-order chi connectivity index (χ1) is 17.0. The van der Waals surface area contributed by atoms with Crippen molar-refractivity contribution in [2.24, 2.45) is 5.41 Å². The standard InChI is InChI=1S/C27H26F2N6O/c1-25(2,3)24-32-23(36-35-24)19-12-30-13-20(31-19)27-10-9-15(26(27,4)5)14-11-18(33-34-22(14)27)21-16(28)7-6-8-17(21)29/h6-8,11-13,15H,9-10H2,1-5H3/t15-,27-/m0/s1. The molecule has 0 spiro atoms. The predicted molar refractivity (Wildman–Crippen MR) is 128 cm³/mol. The zero-order valence-electron chi connectivity index (χ0n) is 20.8. The van der Waals surface area contributed by atoms with E-state index in [-0.39, 0.29) is 28.0 Å². The van der Waals surface area contributed by atoms with Gasteiger partial charge in [-0.15, -0.1) is 5.10 Å². The van der Waals surface area contributed by atoms with Crippen molar-refractivity contribution >= 4 is 0 Å². The van der Waals surface area contributed by atoms with E-state index < -0.39 is 17.0 Å². The molecule has 0 unspecified atom stereocenters. The summed E-state index contributed by atoms with van der Waals surface area (Å²) < 4.78 is 34.5. The summed E-state index contributed by atoms with van der Waals surface area (Å²) in [6, 6.07) is 5.60. The summed E-state index contributed by atoms with van der Waals surface area (Å²) in [6.45, 7) is 10.4. The molecule has 6 rings (SSSR count). The minimum atomic E-state index is -0.658. The highest BCUT2D eigenvalue weighted by Crippen LogP contribution is 2.69. The van der Waals surface area contributed by atoms with Gasteiger partial charge in [0.2, 0.25) is 0 Å². The summed E-state index contributed by atoms with van der Waals surface area (Å²) in [5.74, 6) is -0.275. The second kappa shape index (κ2) is 7.44. The molecule has 7 nitrogen and oxygen atoms in total. The summed E-state index contributed by atoms with van der Waals surface area (Å²) >= 11 is 0. The highest BCUT2D eigenvalue weighted by molar-refractivity contribution is 5.64. The molecular formula is C27H26F2N6O. The maximum atomic E-state index is 14.5. The quantitative estimate of drug-likeness (QED) is 0.362. The van der Waals surface area contributed by atoms with Crippen molar-refractivity contribution in [1.82, 2.24) is 30.3 Å². The molecule has 0 saturated heterocycles. The molecule has 0 aliphatic heterocycles. The van der Waals surface area contributed by atoms with Crippen LogP contribution in [-0.2, 0) is 10.8 Å². The van der Waals surface area contributed by atoms with Crippen LogP contribution in [0.25, 0.3) is 22.8 Å². The number of halogens is 2. The highest BCUT2D eigenvalue weighted by atomic mass is 19.1. The number of hydrogen-bond donors (Lipinski definition) is 0. The predicted octanol–water partition coefficient (Wildman–Crippen LogP) is 5.76. The average Bonchev–Trinajstić information content (AvgIpc) is 3.48. The van der Waals surface area contributed by atoms with Gasteiger partial charge in [0.25, 0.3) is 5.89 Å². The molecule has 0 N–H and O–H groups in total. The fraction of sp³-hybridized carbons (Fsp3) is 0.407. The van der Waals surface area contributed by atoms with Crippen LogP contribution in [0, 0.1) is 17.0 Å². The molecule has 1 saturated carbocycles. The van der Waals surface area contributed by atoms with Gasteiger partial charge >= 0.3 is 0 Å². The molecule has 3 aromatic heterocycles. The Bertz CT molecular complexity index is 1490. The van der Waals surface area contributed by atoms with Crippen LogP contribution >= 0.6 is 0 Å². The van der Waals surface area contributed by atoms with Crippen LogP contribution in [0.15, 0.2) is 41.2 Å². The van der Waals surface area contributed by atoms with Gasteiger partial charge in [-0.3, -0.25) is 4.98 Å². The molecule has 0 radical (unpaired) electrons. The van der Waals surface area contributed by atoms with Gasteiger partial charge in [-0.05, 0) is 47.9 Å². The van der Waals surface area contributed by atoms with Gasteiger partial charge in [0.1, 0.15) is 17.3 Å². The van der Waals surface area contributed by atoms with Crippen molar-refractivity contribution in [2.45, 2.75) is 64.2 Å². The van der Waals surface area contributed by atoms with E-state index in [4.69, 9.17) is 9.51 Å². The number of benzene rings is 1. The van der Waals surface area contributed by atoms with E-state index in [9.17, 15) is 8.78 Å². The first kappa shape index (κ1) is 22.8. The Balaban J connectivity index is 1.48. The number of rotatable bonds is 3. The Morgan fingerprint density at radius 2 is 1.75 bits per heavy atom. The fourth-order valence-corrected chi connectivity index (χ4v) is 6.06. The smallest absolute Gasteiger partial charge is 0.278 e. The molecule has 1 aromatic carbocycles. The molecule has 3 heterocycles. The van der Waals surface area contributed by atoms with E-state index >= 15 is 0 Å². The summed E-state index contributed by atoms with van der Waals surface area (Å²) in [4.78, 5) is 14.0. The van der Waals surface area contributed by atoms with Crippen molar-refractivity contribution in [3.05, 3.63) is 71.1 Å². The van der Waals surface area contributed by atoms with E-state index in [0.29, 0.717) is 17.4 Å². The zero-order valence-corrected chi connectivity index (χ0v) is 20.8. The summed E-state index contributed by atoms with van der Waals surface area (Å²) in [6.07, 6.45) is 5.08. The molecular weight excluding hydrogens is 462 g/mol. The minimum absolute atomic E-state index is 0.137. The normalized spacial score (nSPS) is 22.1. The van der Waals surface area contributed by atoms with Crippen LogP contribution < -0.4 is 0 Å². The second-order valence-electron chi connectivity index (χ2n) is 11.3. The summed E-state index contributed by atoms with van der Waals surface area (Å²) in [7, 11) is 0. The molecule has 1 fully saturated rings. The van der Waals surface area contributed by atoms with Gasteiger partial charge in [0.05, 0.1) is 34.3 Å². The monoisotopic (exact) mass is 488 g/mol.